The van der Waals surface area contributed by atoms with E-state index in [9.17, 15) is 13.2 Å². The Balaban J connectivity index is 4.36. The standard InChI is InChI=1S/C8H14N2O4S/c1-4-6-7(5-2)9-15(12,13)10-8(11)14-3/h1,7,9H,5-6H2,2-3H3,(H,10,11). The summed E-state index contributed by atoms with van der Waals surface area (Å²) in [5.41, 5.74) is 0. The lowest BCUT2D eigenvalue weighted by atomic mass is 10.2. The lowest BCUT2D eigenvalue weighted by Crippen LogP contribution is -2.44. The van der Waals surface area contributed by atoms with E-state index < -0.39 is 22.3 Å². The smallest absolute Gasteiger partial charge is 0.421 e. The van der Waals surface area contributed by atoms with Crippen LogP contribution in [0.5, 0.6) is 0 Å². The number of terminal acetylenes is 1. The summed E-state index contributed by atoms with van der Waals surface area (Å²) in [6.45, 7) is 1.78. The molecule has 7 heteroatoms. The average molecular weight is 234 g/mol. The predicted octanol–water partition coefficient (Wildman–Crippen LogP) is -0.0213. The van der Waals surface area contributed by atoms with E-state index in [2.05, 4.69) is 15.4 Å². The summed E-state index contributed by atoms with van der Waals surface area (Å²) in [6.07, 6.45) is 4.81. The SMILES string of the molecule is C#CCC(CC)NS(=O)(=O)NC(=O)OC. The van der Waals surface area contributed by atoms with Gasteiger partial charge in [-0.05, 0) is 6.42 Å². The molecule has 0 bridgehead atoms. The van der Waals surface area contributed by atoms with Gasteiger partial charge < -0.3 is 4.74 Å². The second kappa shape index (κ2) is 6.27. The number of nitrogens with one attached hydrogen (secondary N) is 2. The zero-order valence-electron chi connectivity index (χ0n) is 8.61. The Morgan fingerprint density at radius 3 is 2.60 bits per heavy atom. The summed E-state index contributed by atoms with van der Waals surface area (Å²) in [4.78, 5) is 10.7. The highest BCUT2D eigenvalue weighted by Crippen LogP contribution is 1.97. The third kappa shape index (κ3) is 5.93. The normalized spacial score (nSPS) is 12.6. The molecule has 0 spiro atoms. The summed E-state index contributed by atoms with van der Waals surface area (Å²) in [5, 5.41) is 0. The summed E-state index contributed by atoms with van der Waals surface area (Å²) < 4.78 is 30.5. The fraction of sp³-hybridized carbons (Fsp3) is 0.625. The summed E-state index contributed by atoms with van der Waals surface area (Å²) >= 11 is 0. The molecule has 0 aromatic heterocycles. The quantitative estimate of drug-likeness (QED) is 0.655. The minimum absolute atomic E-state index is 0.262. The third-order valence-corrected chi connectivity index (χ3v) is 2.66. The number of ether oxygens (including phenoxy) is 1. The van der Waals surface area contributed by atoms with E-state index in [1.54, 1.807) is 11.6 Å². The van der Waals surface area contributed by atoms with E-state index in [4.69, 9.17) is 6.42 Å². The van der Waals surface area contributed by atoms with Gasteiger partial charge in [0.25, 0.3) is 0 Å². The van der Waals surface area contributed by atoms with Gasteiger partial charge in [-0.15, -0.1) is 12.3 Å². The Morgan fingerprint density at radius 2 is 2.20 bits per heavy atom. The van der Waals surface area contributed by atoms with E-state index in [0.29, 0.717) is 6.42 Å². The molecule has 1 amide bonds. The predicted molar refractivity (Wildman–Crippen MR) is 55.1 cm³/mol. The molecule has 0 aliphatic carbocycles. The van der Waals surface area contributed by atoms with Gasteiger partial charge in [-0.1, -0.05) is 6.92 Å². The number of amides is 1. The van der Waals surface area contributed by atoms with E-state index in [1.807, 2.05) is 0 Å². The highest BCUT2D eigenvalue weighted by molar-refractivity contribution is 7.88. The van der Waals surface area contributed by atoms with Gasteiger partial charge in [0, 0.05) is 12.5 Å². The Labute approximate surface area is 89.6 Å². The molecule has 0 fully saturated rings. The first-order chi connectivity index (χ1) is 6.95. The molecule has 0 aromatic rings. The maximum absolute atomic E-state index is 11.3. The highest BCUT2D eigenvalue weighted by atomic mass is 32.2. The summed E-state index contributed by atoms with van der Waals surface area (Å²) in [7, 11) is -2.82. The van der Waals surface area contributed by atoms with Gasteiger partial charge in [-0.3, -0.25) is 0 Å². The minimum Gasteiger partial charge on any atom is -0.452 e. The van der Waals surface area contributed by atoms with Gasteiger partial charge in [0.2, 0.25) is 0 Å². The molecular weight excluding hydrogens is 220 g/mol. The van der Waals surface area contributed by atoms with Crippen molar-refractivity contribution in [2.75, 3.05) is 7.11 Å². The number of carbonyl (C=O) groups excluding carboxylic acids is 1. The van der Waals surface area contributed by atoms with Crippen molar-refractivity contribution in [2.24, 2.45) is 0 Å². The molecule has 0 saturated carbocycles. The van der Waals surface area contributed by atoms with Crippen LogP contribution in [0.4, 0.5) is 4.79 Å². The second-order valence-electron chi connectivity index (χ2n) is 2.73. The monoisotopic (exact) mass is 234 g/mol. The third-order valence-electron chi connectivity index (χ3n) is 1.58. The first-order valence-corrected chi connectivity index (χ1v) is 5.75. The molecule has 15 heavy (non-hydrogen) atoms. The van der Waals surface area contributed by atoms with Crippen molar-refractivity contribution >= 4 is 16.3 Å². The number of carbonyl (C=O) groups is 1. The van der Waals surface area contributed by atoms with Crippen molar-refractivity contribution in [3.05, 3.63) is 0 Å². The van der Waals surface area contributed by atoms with Crippen LogP contribution >= 0.6 is 0 Å². The number of methoxy groups -OCH3 is 1. The second-order valence-corrected chi connectivity index (χ2v) is 4.18. The first-order valence-electron chi connectivity index (χ1n) is 4.26. The van der Waals surface area contributed by atoms with Crippen molar-refractivity contribution in [1.29, 1.82) is 0 Å². The van der Waals surface area contributed by atoms with Crippen molar-refractivity contribution in [3.8, 4) is 12.3 Å². The molecule has 1 unspecified atom stereocenters. The van der Waals surface area contributed by atoms with Gasteiger partial charge in [0.15, 0.2) is 0 Å². The minimum atomic E-state index is -3.90. The van der Waals surface area contributed by atoms with E-state index in [-0.39, 0.29) is 6.42 Å². The Bertz CT molecular complexity index is 344. The van der Waals surface area contributed by atoms with Gasteiger partial charge >= 0.3 is 16.3 Å². The fourth-order valence-corrected chi connectivity index (χ4v) is 1.86. The number of rotatable bonds is 5. The van der Waals surface area contributed by atoms with Crippen LogP contribution in [0.2, 0.25) is 0 Å². The average Bonchev–Trinajstić information content (AvgIpc) is 2.15. The van der Waals surface area contributed by atoms with E-state index >= 15 is 0 Å². The van der Waals surface area contributed by atoms with E-state index in [1.165, 1.54) is 0 Å². The molecule has 86 valence electrons. The first kappa shape index (κ1) is 13.7. The summed E-state index contributed by atoms with van der Waals surface area (Å²) in [6, 6.07) is -0.392. The van der Waals surface area contributed by atoms with Crippen LogP contribution in [0, 0.1) is 12.3 Å². The zero-order chi connectivity index (χ0) is 11.9. The molecule has 0 aliphatic heterocycles. The summed E-state index contributed by atoms with van der Waals surface area (Å²) in [5.74, 6) is 2.34. The fourth-order valence-electron chi connectivity index (χ4n) is 0.812. The Kier molecular flexibility index (Phi) is 5.74. The van der Waals surface area contributed by atoms with Gasteiger partial charge in [0.05, 0.1) is 7.11 Å². The Hall–Kier alpha value is -1.26. The van der Waals surface area contributed by atoms with Crippen LogP contribution in [-0.2, 0) is 14.9 Å². The van der Waals surface area contributed by atoms with Crippen LogP contribution < -0.4 is 9.44 Å². The largest absolute Gasteiger partial charge is 0.452 e. The molecule has 0 rings (SSSR count). The van der Waals surface area contributed by atoms with Crippen LogP contribution in [0.3, 0.4) is 0 Å². The van der Waals surface area contributed by atoms with Crippen molar-refractivity contribution in [3.63, 3.8) is 0 Å². The van der Waals surface area contributed by atoms with Gasteiger partial charge in [0.1, 0.15) is 0 Å². The topological polar surface area (TPSA) is 84.5 Å². The lowest BCUT2D eigenvalue weighted by Gasteiger charge is -2.14. The maximum atomic E-state index is 11.3. The van der Waals surface area contributed by atoms with Crippen LogP contribution in [0.1, 0.15) is 19.8 Å². The van der Waals surface area contributed by atoms with E-state index in [0.717, 1.165) is 7.11 Å². The lowest BCUT2D eigenvalue weighted by molar-refractivity contribution is 0.177. The van der Waals surface area contributed by atoms with Crippen LogP contribution in [-0.4, -0.2) is 27.7 Å². The highest BCUT2D eigenvalue weighted by Gasteiger charge is 2.18. The molecule has 0 heterocycles. The molecule has 2 N–H and O–H groups in total. The molecule has 0 aromatic carbocycles. The molecule has 6 nitrogen and oxygen atoms in total. The van der Waals surface area contributed by atoms with Crippen molar-refractivity contribution in [2.45, 2.75) is 25.8 Å². The number of hydrogen-bond donors (Lipinski definition) is 2. The zero-order valence-corrected chi connectivity index (χ0v) is 9.43. The molecule has 0 saturated heterocycles. The van der Waals surface area contributed by atoms with Gasteiger partial charge in [-0.25, -0.2) is 9.52 Å². The molecule has 0 radical (unpaired) electrons. The van der Waals surface area contributed by atoms with Crippen molar-refractivity contribution < 1.29 is 17.9 Å². The molecular formula is C8H14N2O4S. The van der Waals surface area contributed by atoms with Crippen molar-refractivity contribution in [1.82, 2.24) is 9.44 Å². The van der Waals surface area contributed by atoms with Gasteiger partial charge in [-0.2, -0.15) is 13.1 Å². The molecule has 0 aliphatic rings. The van der Waals surface area contributed by atoms with Crippen LogP contribution in [0.25, 0.3) is 0 Å². The Morgan fingerprint density at radius 1 is 1.60 bits per heavy atom. The molecule has 1 atom stereocenters. The van der Waals surface area contributed by atoms with Crippen LogP contribution in [0.15, 0.2) is 0 Å². The number of hydrogen-bond acceptors (Lipinski definition) is 4. The maximum Gasteiger partial charge on any atom is 0.421 e.